The lowest BCUT2D eigenvalue weighted by atomic mass is 10.0. The van der Waals surface area contributed by atoms with Crippen LogP contribution >= 0.6 is 30.3 Å². The van der Waals surface area contributed by atoms with Crippen molar-refractivity contribution < 1.29 is 9.53 Å². The lowest BCUT2D eigenvalue weighted by Gasteiger charge is -2.43. The van der Waals surface area contributed by atoms with E-state index in [1.807, 2.05) is 13.0 Å². The third-order valence-corrected chi connectivity index (χ3v) is 5.90. The molecule has 1 aliphatic heterocycles. The molecule has 1 fully saturated rings. The fourth-order valence-corrected chi connectivity index (χ4v) is 4.46. The van der Waals surface area contributed by atoms with Gasteiger partial charge in [0.1, 0.15) is 0 Å². The molecule has 0 N–H and O–H groups in total. The van der Waals surface area contributed by atoms with Gasteiger partial charge in [-0.1, -0.05) is 30.3 Å². The van der Waals surface area contributed by atoms with Gasteiger partial charge in [-0.25, -0.2) is 4.31 Å². The van der Waals surface area contributed by atoms with Crippen LogP contribution in [0.2, 0.25) is 0 Å². The van der Waals surface area contributed by atoms with Gasteiger partial charge >= 0.3 is 5.97 Å². The lowest BCUT2D eigenvalue weighted by molar-refractivity contribution is -0.145. The number of carbonyl (C=O) groups is 1. The number of nitrogens with zero attached hydrogens (tertiary/aromatic N) is 2. The Morgan fingerprint density at radius 3 is 2.71 bits per heavy atom. The number of hydrogen-bond acceptors (Lipinski definition) is 5. The number of likely N-dealkylation sites (N-methyl/N-ethyl adjacent to an activating group) is 1. The predicted octanol–water partition coefficient (Wildman–Crippen LogP) is 3.30. The summed E-state index contributed by atoms with van der Waals surface area (Å²) in [6.07, 6.45) is 0.458. The molecule has 21 heavy (non-hydrogen) atoms. The number of esters is 1. The fourth-order valence-electron chi connectivity index (χ4n) is 2.64. The molecule has 0 amide bonds. The highest BCUT2D eigenvalue weighted by Gasteiger charge is 2.34. The summed E-state index contributed by atoms with van der Waals surface area (Å²) in [6, 6.07) is 11.1. The van der Waals surface area contributed by atoms with Crippen molar-refractivity contribution in [3.05, 3.63) is 35.9 Å². The van der Waals surface area contributed by atoms with Gasteiger partial charge in [-0.15, -0.1) is 0 Å². The maximum absolute atomic E-state index is 11.7. The summed E-state index contributed by atoms with van der Waals surface area (Å²) in [5.74, 6) is -0.106. The van der Waals surface area contributed by atoms with Crippen LogP contribution in [0.4, 0.5) is 0 Å². The average Bonchev–Trinajstić information content (AvgIpc) is 2.50. The molecule has 1 aliphatic rings. The number of carbonyl (C=O) groups excluding carboxylic acids is 1. The van der Waals surface area contributed by atoms with E-state index in [1.54, 1.807) is 9.12 Å². The Hall–Kier alpha value is -0.310. The lowest BCUT2D eigenvalue weighted by Crippen LogP contribution is -2.51. The van der Waals surface area contributed by atoms with Gasteiger partial charge in [-0.2, -0.15) is 0 Å². The van der Waals surface area contributed by atoms with Crippen LogP contribution in [0.1, 0.15) is 24.9 Å². The van der Waals surface area contributed by atoms with Crippen molar-refractivity contribution in [2.24, 2.45) is 0 Å². The highest BCUT2D eigenvalue weighted by atomic mass is 127. The minimum absolute atomic E-state index is 0.106. The predicted molar refractivity (Wildman–Crippen MR) is 95.2 cm³/mol. The van der Waals surface area contributed by atoms with E-state index < -0.39 is 0 Å². The summed E-state index contributed by atoms with van der Waals surface area (Å²) in [5.41, 5.74) is 1.32. The topological polar surface area (TPSA) is 32.8 Å². The minimum Gasteiger partial charge on any atom is -0.466 e. The van der Waals surface area contributed by atoms with Gasteiger partial charge < -0.3 is 4.74 Å². The normalized spacial score (nSPS) is 24.0. The zero-order chi connectivity index (χ0) is 15.2. The molecule has 1 aromatic rings. The standard InChI is InChI=1S/C15H21IN2O2S/c1-3-20-15(19)9-13-10-18(21-16)14(11-17(13)2)12-7-5-4-6-8-12/h4-8,13-14H,3,9-11H2,1-2H3/t13-,14+/m0/s1. The van der Waals surface area contributed by atoms with Gasteiger partial charge in [0, 0.05) is 40.3 Å². The molecule has 0 radical (unpaired) electrons. The fraction of sp³-hybridized carbons (Fsp3) is 0.533. The van der Waals surface area contributed by atoms with Crippen LogP contribution in [0.3, 0.4) is 0 Å². The summed E-state index contributed by atoms with van der Waals surface area (Å²) < 4.78 is 7.44. The van der Waals surface area contributed by atoms with Gasteiger partial charge in [-0.3, -0.25) is 9.69 Å². The van der Waals surface area contributed by atoms with E-state index in [9.17, 15) is 4.79 Å². The zero-order valence-corrected chi connectivity index (χ0v) is 15.3. The second-order valence-corrected chi connectivity index (χ2v) is 6.99. The van der Waals surface area contributed by atoms with Gasteiger partial charge in [0.05, 0.1) is 19.1 Å². The molecule has 4 nitrogen and oxygen atoms in total. The van der Waals surface area contributed by atoms with E-state index >= 15 is 0 Å². The molecule has 1 saturated heterocycles. The van der Waals surface area contributed by atoms with E-state index in [1.165, 1.54) is 5.56 Å². The molecule has 1 heterocycles. The Morgan fingerprint density at radius 2 is 2.10 bits per heavy atom. The van der Waals surface area contributed by atoms with Crippen LogP contribution < -0.4 is 0 Å². The Bertz CT molecular complexity index is 460. The average molecular weight is 420 g/mol. The molecular weight excluding hydrogens is 399 g/mol. The molecule has 2 atom stereocenters. The minimum atomic E-state index is -0.106. The maximum atomic E-state index is 11.7. The van der Waals surface area contributed by atoms with E-state index in [2.05, 4.69) is 61.7 Å². The summed E-state index contributed by atoms with van der Waals surface area (Å²) in [5, 5.41) is 0. The third-order valence-electron chi connectivity index (χ3n) is 3.80. The van der Waals surface area contributed by atoms with Gasteiger partial charge in [0.25, 0.3) is 0 Å². The first-order valence-electron chi connectivity index (χ1n) is 7.11. The molecule has 0 bridgehead atoms. The van der Waals surface area contributed by atoms with Crippen LogP contribution in [0.25, 0.3) is 0 Å². The number of rotatable bonds is 5. The molecule has 0 unspecified atom stereocenters. The molecular formula is C15H21IN2O2S. The number of halogens is 1. The SMILES string of the molecule is CCOC(=O)C[C@H]1CN(SI)[C@@H](c2ccccc2)CN1C. The van der Waals surface area contributed by atoms with Crippen molar-refractivity contribution in [2.45, 2.75) is 25.4 Å². The summed E-state index contributed by atoms with van der Waals surface area (Å²) in [4.78, 5) is 14.0. The molecule has 6 heteroatoms. The van der Waals surface area contributed by atoms with Crippen LogP contribution in [0.5, 0.6) is 0 Å². The van der Waals surface area contributed by atoms with Gasteiger partial charge in [0.15, 0.2) is 0 Å². The Kier molecular flexibility index (Phi) is 6.78. The number of benzene rings is 1. The Labute approximate surface area is 142 Å². The van der Waals surface area contributed by atoms with Crippen molar-refractivity contribution in [2.75, 3.05) is 26.7 Å². The van der Waals surface area contributed by atoms with Crippen molar-refractivity contribution in [3.63, 3.8) is 0 Å². The number of ether oxygens (including phenoxy) is 1. The highest BCUT2D eigenvalue weighted by Crippen LogP contribution is 2.36. The zero-order valence-electron chi connectivity index (χ0n) is 12.4. The smallest absolute Gasteiger partial charge is 0.307 e. The molecule has 0 aliphatic carbocycles. The first kappa shape index (κ1) is 17.1. The largest absolute Gasteiger partial charge is 0.466 e. The van der Waals surface area contributed by atoms with Crippen LogP contribution in [-0.4, -0.2) is 48.0 Å². The van der Waals surface area contributed by atoms with Gasteiger partial charge in [0.2, 0.25) is 0 Å². The van der Waals surface area contributed by atoms with Crippen molar-refractivity contribution in [1.29, 1.82) is 0 Å². The summed E-state index contributed by atoms with van der Waals surface area (Å²) in [7, 11) is 3.81. The molecule has 0 aromatic heterocycles. The molecule has 116 valence electrons. The second kappa shape index (κ2) is 8.36. The van der Waals surface area contributed by atoms with E-state index in [-0.39, 0.29) is 12.0 Å². The first-order valence-corrected chi connectivity index (χ1v) is 10.4. The highest BCUT2D eigenvalue weighted by molar-refractivity contribution is 14.2. The van der Waals surface area contributed by atoms with E-state index in [4.69, 9.17) is 4.74 Å². The van der Waals surface area contributed by atoms with Crippen molar-refractivity contribution in [3.8, 4) is 0 Å². The van der Waals surface area contributed by atoms with Crippen LogP contribution in [0, 0.1) is 0 Å². The van der Waals surface area contributed by atoms with Crippen molar-refractivity contribution >= 4 is 36.3 Å². The van der Waals surface area contributed by atoms with Gasteiger partial charge in [-0.05, 0) is 28.7 Å². The molecule has 0 saturated carbocycles. The quantitative estimate of drug-likeness (QED) is 0.415. The summed E-state index contributed by atoms with van der Waals surface area (Å²) in [6.45, 7) is 4.08. The maximum Gasteiger partial charge on any atom is 0.307 e. The summed E-state index contributed by atoms with van der Waals surface area (Å²) >= 11 is 2.32. The van der Waals surface area contributed by atoms with Crippen LogP contribution in [0.15, 0.2) is 30.3 Å². The third kappa shape index (κ3) is 4.58. The van der Waals surface area contributed by atoms with E-state index in [0.29, 0.717) is 19.1 Å². The second-order valence-electron chi connectivity index (χ2n) is 5.20. The monoisotopic (exact) mass is 420 g/mol. The first-order chi connectivity index (χ1) is 10.2. The van der Waals surface area contributed by atoms with Crippen LogP contribution in [-0.2, 0) is 9.53 Å². The van der Waals surface area contributed by atoms with E-state index in [0.717, 1.165) is 13.1 Å². The molecule has 0 spiro atoms. The molecule has 1 aromatic carbocycles. The van der Waals surface area contributed by atoms with Crippen molar-refractivity contribution in [1.82, 2.24) is 9.21 Å². The Morgan fingerprint density at radius 1 is 1.38 bits per heavy atom. The molecule has 2 rings (SSSR count). The number of hydrogen-bond donors (Lipinski definition) is 0. The Balaban J connectivity index is 2.05. The number of piperazine rings is 1.